The molecule has 2 aliphatic rings. The van der Waals surface area contributed by atoms with Crippen molar-refractivity contribution in [2.75, 3.05) is 18.0 Å². The zero-order valence-electron chi connectivity index (χ0n) is 13.5. The molecule has 1 aromatic carbocycles. The fraction of sp³-hybridized carbons (Fsp3) is 0.368. The molecular formula is C19H20N2O3. The molecule has 2 amide bonds. The molecule has 0 unspecified atom stereocenters. The minimum Gasteiger partial charge on any atom is -0.467 e. The Morgan fingerprint density at radius 3 is 2.92 bits per heavy atom. The van der Waals surface area contributed by atoms with Gasteiger partial charge in [-0.1, -0.05) is 18.2 Å². The van der Waals surface area contributed by atoms with Gasteiger partial charge in [-0.25, -0.2) is 0 Å². The number of anilines is 1. The van der Waals surface area contributed by atoms with Crippen LogP contribution in [-0.2, 0) is 22.6 Å². The van der Waals surface area contributed by atoms with Gasteiger partial charge in [0.25, 0.3) is 0 Å². The molecule has 1 atom stereocenters. The summed E-state index contributed by atoms with van der Waals surface area (Å²) in [5.74, 6) is 0.575. The molecule has 1 fully saturated rings. The minimum absolute atomic E-state index is 0.0232. The van der Waals surface area contributed by atoms with E-state index in [1.165, 1.54) is 5.56 Å². The summed E-state index contributed by atoms with van der Waals surface area (Å²) in [6.45, 7) is 1.64. The number of fused-ring (bicyclic) bond motifs is 1. The highest BCUT2D eigenvalue weighted by Crippen LogP contribution is 2.30. The topological polar surface area (TPSA) is 53.8 Å². The first-order valence-corrected chi connectivity index (χ1v) is 8.42. The largest absolute Gasteiger partial charge is 0.467 e. The van der Waals surface area contributed by atoms with Gasteiger partial charge in [0, 0.05) is 25.2 Å². The maximum Gasteiger partial charge on any atom is 0.232 e. The predicted octanol–water partition coefficient (Wildman–Crippen LogP) is 2.61. The number of hydrogen-bond donors (Lipinski definition) is 0. The number of aryl methyl sites for hydroxylation is 1. The Balaban J connectivity index is 1.49. The Morgan fingerprint density at radius 2 is 2.08 bits per heavy atom. The smallest absolute Gasteiger partial charge is 0.232 e. The first-order valence-electron chi connectivity index (χ1n) is 8.42. The summed E-state index contributed by atoms with van der Waals surface area (Å²) in [6.07, 6.45) is 3.87. The lowest BCUT2D eigenvalue weighted by Crippen LogP contribution is -2.40. The summed E-state index contributed by atoms with van der Waals surface area (Å²) in [5.41, 5.74) is 2.22. The number of rotatable bonds is 3. The molecule has 0 spiro atoms. The monoisotopic (exact) mass is 324 g/mol. The van der Waals surface area contributed by atoms with Crippen LogP contribution in [0.5, 0.6) is 0 Å². The summed E-state index contributed by atoms with van der Waals surface area (Å²) in [6, 6.07) is 11.7. The fourth-order valence-corrected chi connectivity index (χ4v) is 3.66. The summed E-state index contributed by atoms with van der Waals surface area (Å²) in [7, 11) is 0. The first kappa shape index (κ1) is 15.0. The fourth-order valence-electron chi connectivity index (χ4n) is 3.66. The van der Waals surface area contributed by atoms with Crippen molar-refractivity contribution in [3.8, 4) is 0 Å². The van der Waals surface area contributed by atoms with Crippen LogP contribution in [0.3, 0.4) is 0 Å². The van der Waals surface area contributed by atoms with Crippen LogP contribution < -0.4 is 4.90 Å². The number of para-hydroxylation sites is 1. The Kier molecular flexibility index (Phi) is 3.84. The van der Waals surface area contributed by atoms with Crippen LogP contribution in [0.15, 0.2) is 47.1 Å². The van der Waals surface area contributed by atoms with E-state index < -0.39 is 0 Å². The van der Waals surface area contributed by atoms with Crippen molar-refractivity contribution in [1.29, 1.82) is 0 Å². The van der Waals surface area contributed by atoms with E-state index >= 15 is 0 Å². The molecule has 1 aromatic heterocycles. The highest BCUT2D eigenvalue weighted by Gasteiger charge is 2.38. The van der Waals surface area contributed by atoms with Crippen LogP contribution >= 0.6 is 0 Å². The second-order valence-corrected chi connectivity index (χ2v) is 6.48. The molecular weight excluding hydrogens is 304 g/mol. The van der Waals surface area contributed by atoms with Crippen LogP contribution in [0.1, 0.15) is 24.2 Å². The zero-order valence-corrected chi connectivity index (χ0v) is 13.5. The first-order chi connectivity index (χ1) is 11.7. The molecule has 0 bridgehead atoms. The molecule has 0 aliphatic carbocycles. The molecule has 2 aromatic rings. The second-order valence-electron chi connectivity index (χ2n) is 6.48. The van der Waals surface area contributed by atoms with Crippen LogP contribution in [-0.4, -0.2) is 29.8 Å². The molecule has 1 saturated heterocycles. The lowest BCUT2D eigenvalue weighted by molar-refractivity contribution is -0.129. The SMILES string of the molecule is O=C1C[C@H](C(=O)N2CCCc3ccccc32)CN1Cc1ccco1. The number of amides is 2. The number of likely N-dealkylation sites (tertiary alicyclic amines) is 1. The van der Waals surface area contributed by atoms with E-state index in [2.05, 4.69) is 6.07 Å². The van der Waals surface area contributed by atoms with Crippen LogP contribution in [0, 0.1) is 5.92 Å². The van der Waals surface area contributed by atoms with Crippen LogP contribution in [0.4, 0.5) is 5.69 Å². The van der Waals surface area contributed by atoms with Crippen molar-refractivity contribution in [3.05, 3.63) is 54.0 Å². The molecule has 3 heterocycles. The number of carbonyl (C=O) groups excluding carboxylic acids is 2. The predicted molar refractivity (Wildman–Crippen MR) is 89.3 cm³/mol. The normalized spacial score (nSPS) is 20.3. The number of furan rings is 1. The van der Waals surface area contributed by atoms with Crippen LogP contribution in [0.25, 0.3) is 0 Å². The van der Waals surface area contributed by atoms with E-state index in [-0.39, 0.29) is 24.2 Å². The van der Waals surface area contributed by atoms with Gasteiger partial charge in [-0.3, -0.25) is 9.59 Å². The molecule has 0 N–H and O–H groups in total. The van der Waals surface area contributed by atoms with E-state index in [1.807, 2.05) is 35.2 Å². The zero-order chi connectivity index (χ0) is 16.5. The summed E-state index contributed by atoms with van der Waals surface area (Å²) < 4.78 is 5.31. The van der Waals surface area contributed by atoms with Crippen molar-refractivity contribution < 1.29 is 14.0 Å². The Labute approximate surface area is 140 Å². The number of nitrogens with zero attached hydrogens (tertiary/aromatic N) is 2. The average molecular weight is 324 g/mol. The van der Waals surface area contributed by atoms with E-state index in [4.69, 9.17) is 4.42 Å². The van der Waals surface area contributed by atoms with Crippen LogP contribution in [0.2, 0.25) is 0 Å². The average Bonchev–Trinajstić information content (AvgIpc) is 3.24. The van der Waals surface area contributed by atoms with Gasteiger partial charge in [0.15, 0.2) is 0 Å². The molecule has 0 radical (unpaired) electrons. The minimum atomic E-state index is -0.265. The van der Waals surface area contributed by atoms with E-state index in [1.54, 1.807) is 11.2 Å². The van der Waals surface area contributed by atoms with Gasteiger partial charge in [0.1, 0.15) is 5.76 Å². The molecule has 124 valence electrons. The van der Waals surface area contributed by atoms with Gasteiger partial charge in [-0.15, -0.1) is 0 Å². The summed E-state index contributed by atoms with van der Waals surface area (Å²) in [5, 5.41) is 0. The van der Waals surface area contributed by atoms with E-state index in [9.17, 15) is 9.59 Å². The Morgan fingerprint density at radius 1 is 1.21 bits per heavy atom. The Hall–Kier alpha value is -2.56. The lowest BCUT2D eigenvalue weighted by Gasteiger charge is -2.31. The standard InChI is InChI=1S/C19H20N2O3/c22-18-11-15(12-20(18)13-16-7-4-10-24-16)19(23)21-9-3-6-14-5-1-2-8-17(14)21/h1-2,4-5,7-8,10,15H,3,6,9,11-13H2/t15-/m0/s1. The molecule has 4 rings (SSSR count). The second kappa shape index (κ2) is 6.15. The number of benzene rings is 1. The number of carbonyl (C=O) groups is 2. The van der Waals surface area contributed by atoms with E-state index in [0.29, 0.717) is 13.1 Å². The van der Waals surface area contributed by atoms with Gasteiger partial charge >= 0.3 is 0 Å². The third-order valence-corrected chi connectivity index (χ3v) is 4.87. The van der Waals surface area contributed by atoms with Gasteiger partial charge in [0.05, 0.1) is 18.7 Å². The molecule has 2 aliphatic heterocycles. The van der Waals surface area contributed by atoms with Gasteiger partial charge < -0.3 is 14.2 Å². The van der Waals surface area contributed by atoms with Gasteiger partial charge in [-0.2, -0.15) is 0 Å². The third-order valence-electron chi connectivity index (χ3n) is 4.87. The highest BCUT2D eigenvalue weighted by molar-refractivity contribution is 5.99. The molecule has 24 heavy (non-hydrogen) atoms. The van der Waals surface area contributed by atoms with Gasteiger partial charge in [-0.05, 0) is 36.6 Å². The summed E-state index contributed by atoms with van der Waals surface area (Å²) >= 11 is 0. The summed E-state index contributed by atoms with van der Waals surface area (Å²) in [4.78, 5) is 28.8. The van der Waals surface area contributed by atoms with E-state index in [0.717, 1.165) is 30.8 Å². The van der Waals surface area contributed by atoms with Gasteiger partial charge in [0.2, 0.25) is 11.8 Å². The maximum atomic E-state index is 13.0. The highest BCUT2D eigenvalue weighted by atomic mass is 16.3. The van der Waals surface area contributed by atoms with Crippen molar-refractivity contribution in [1.82, 2.24) is 4.90 Å². The van der Waals surface area contributed by atoms with Crippen molar-refractivity contribution in [3.63, 3.8) is 0 Å². The molecule has 5 heteroatoms. The maximum absolute atomic E-state index is 13.0. The van der Waals surface area contributed by atoms with Crippen molar-refractivity contribution >= 4 is 17.5 Å². The third kappa shape index (κ3) is 2.70. The quantitative estimate of drug-likeness (QED) is 0.872. The molecule has 0 saturated carbocycles. The molecule has 5 nitrogen and oxygen atoms in total. The van der Waals surface area contributed by atoms with Crippen molar-refractivity contribution in [2.24, 2.45) is 5.92 Å². The van der Waals surface area contributed by atoms with Crippen molar-refractivity contribution in [2.45, 2.75) is 25.8 Å². The Bertz CT molecular complexity index is 754. The number of hydrogen-bond acceptors (Lipinski definition) is 3. The lowest BCUT2D eigenvalue weighted by atomic mass is 9.99.